The van der Waals surface area contributed by atoms with E-state index in [0.717, 1.165) is 45.8 Å². The summed E-state index contributed by atoms with van der Waals surface area (Å²) >= 11 is 3.72. The van der Waals surface area contributed by atoms with Gasteiger partial charge in [-0.05, 0) is 108 Å². The van der Waals surface area contributed by atoms with Crippen molar-refractivity contribution in [3.8, 4) is 11.5 Å². The van der Waals surface area contributed by atoms with Gasteiger partial charge >= 0.3 is 0 Å². The molecule has 0 aromatic heterocycles. The Morgan fingerprint density at radius 2 is 1.65 bits per heavy atom. The molecule has 0 aliphatic heterocycles. The van der Waals surface area contributed by atoms with Crippen molar-refractivity contribution in [2.45, 2.75) is 64.6 Å². The normalized spacial score (nSPS) is 29.7. The molecule has 166 valence electrons. The summed E-state index contributed by atoms with van der Waals surface area (Å²) in [5.41, 5.74) is 2.90. The van der Waals surface area contributed by atoms with Gasteiger partial charge in [0.15, 0.2) is 11.5 Å². The molecule has 4 heteroatoms. The van der Waals surface area contributed by atoms with Crippen LogP contribution in [0.4, 0.5) is 0 Å². The molecule has 1 N–H and O–H groups in total. The first-order chi connectivity index (χ1) is 15.0. The molecule has 3 nitrogen and oxygen atoms in total. The molecule has 4 aliphatic carbocycles. The molecule has 1 unspecified atom stereocenters. The molecule has 4 aliphatic rings. The van der Waals surface area contributed by atoms with E-state index in [4.69, 9.17) is 9.47 Å². The van der Waals surface area contributed by atoms with Crippen LogP contribution in [-0.2, 0) is 13.2 Å². The van der Waals surface area contributed by atoms with E-state index in [1.165, 1.54) is 44.1 Å². The third-order valence-corrected chi connectivity index (χ3v) is 8.72. The molecule has 2 aromatic carbocycles. The van der Waals surface area contributed by atoms with Crippen molar-refractivity contribution >= 4 is 15.9 Å². The number of methoxy groups -OCH3 is 1. The molecule has 4 bridgehead atoms. The van der Waals surface area contributed by atoms with Gasteiger partial charge in [-0.3, -0.25) is 0 Å². The summed E-state index contributed by atoms with van der Waals surface area (Å²) in [5, 5.41) is 3.89. The second-order valence-electron chi connectivity index (χ2n) is 10.3. The second-order valence-corrected chi connectivity index (χ2v) is 11.1. The molecule has 0 spiro atoms. The highest BCUT2D eigenvalue weighted by molar-refractivity contribution is 9.10. The summed E-state index contributed by atoms with van der Waals surface area (Å²) in [6.45, 7) is 3.81. The van der Waals surface area contributed by atoms with Crippen molar-refractivity contribution < 1.29 is 9.47 Å². The minimum absolute atomic E-state index is 0.523. The predicted molar refractivity (Wildman–Crippen MR) is 128 cm³/mol. The molecular formula is C27H34BrNO2. The van der Waals surface area contributed by atoms with Gasteiger partial charge in [-0.2, -0.15) is 0 Å². The van der Waals surface area contributed by atoms with Gasteiger partial charge in [0, 0.05) is 12.6 Å². The molecule has 4 saturated carbocycles. The number of benzene rings is 2. The topological polar surface area (TPSA) is 30.5 Å². The Morgan fingerprint density at radius 1 is 1.00 bits per heavy atom. The van der Waals surface area contributed by atoms with Crippen molar-refractivity contribution in [2.75, 3.05) is 7.11 Å². The highest BCUT2D eigenvalue weighted by atomic mass is 79.9. The van der Waals surface area contributed by atoms with Gasteiger partial charge in [-0.1, -0.05) is 30.3 Å². The van der Waals surface area contributed by atoms with Crippen molar-refractivity contribution in [3.63, 3.8) is 0 Å². The summed E-state index contributed by atoms with van der Waals surface area (Å²) in [6.07, 6.45) is 8.81. The lowest BCUT2D eigenvalue weighted by Crippen LogP contribution is -2.54. The van der Waals surface area contributed by atoms with Crippen LogP contribution in [-0.4, -0.2) is 13.2 Å². The molecule has 2 aromatic rings. The predicted octanol–water partition coefficient (Wildman–Crippen LogP) is 6.73. The van der Waals surface area contributed by atoms with Crippen LogP contribution in [0, 0.1) is 23.2 Å². The Kier molecular flexibility index (Phi) is 6.04. The largest absolute Gasteiger partial charge is 0.493 e. The van der Waals surface area contributed by atoms with E-state index in [1.54, 1.807) is 7.11 Å². The van der Waals surface area contributed by atoms with Crippen molar-refractivity contribution in [1.82, 2.24) is 5.32 Å². The zero-order chi connectivity index (χ0) is 21.4. The van der Waals surface area contributed by atoms with Crippen LogP contribution < -0.4 is 14.8 Å². The van der Waals surface area contributed by atoms with Crippen molar-refractivity contribution in [2.24, 2.45) is 23.2 Å². The van der Waals surface area contributed by atoms with E-state index in [1.807, 2.05) is 18.2 Å². The lowest BCUT2D eigenvalue weighted by atomic mass is 9.48. The molecule has 4 fully saturated rings. The SMILES string of the molecule is COc1cc(CNC(C)C23CC4CC(CC(C4)C2)C3)cc(Br)c1OCc1ccccc1. The first kappa shape index (κ1) is 21.3. The average molecular weight is 484 g/mol. The molecule has 0 amide bonds. The minimum Gasteiger partial charge on any atom is -0.493 e. The van der Waals surface area contributed by atoms with E-state index < -0.39 is 0 Å². The van der Waals surface area contributed by atoms with Crippen LogP contribution in [0.2, 0.25) is 0 Å². The maximum atomic E-state index is 6.10. The molecule has 1 atom stereocenters. The van der Waals surface area contributed by atoms with Gasteiger partial charge in [0.25, 0.3) is 0 Å². The minimum atomic E-state index is 0.523. The highest BCUT2D eigenvalue weighted by Crippen LogP contribution is 2.61. The smallest absolute Gasteiger partial charge is 0.175 e. The zero-order valence-electron chi connectivity index (χ0n) is 18.7. The number of hydrogen-bond donors (Lipinski definition) is 1. The van der Waals surface area contributed by atoms with E-state index in [0.29, 0.717) is 18.1 Å². The Morgan fingerprint density at radius 3 is 2.26 bits per heavy atom. The Labute approximate surface area is 195 Å². The van der Waals surface area contributed by atoms with Crippen LogP contribution in [0.1, 0.15) is 56.6 Å². The number of rotatable bonds is 8. The van der Waals surface area contributed by atoms with Gasteiger partial charge in [-0.25, -0.2) is 0 Å². The quantitative estimate of drug-likeness (QED) is 0.451. The van der Waals surface area contributed by atoms with E-state index in [9.17, 15) is 0 Å². The van der Waals surface area contributed by atoms with E-state index >= 15 is 0 Å². The lowest BCUT2D eigenvalue weighted by Gasteiger charge is -2.59. The summed E-state index contributed by atoms with van der Waals surface area (Å²) < 4.78 is 12.7. The number of hydrogen-bond acceptors (Lipinski definition) is 3. The maximum Gasteiger partial charge on any atom is 0.175 e. The number of nitrogens with one attached hydrogen (secondary N) is 1. The first-order valence-electron chi connectivity index (χ1n) is 11.8. The molecule has 0 heterocycles. The molecule has 0 radical (unpaired) electrons. The van der Waals surface area contributed by atoms with E-state index in [-0.39, 0.29) is 0 Å². The Hall–Kier alpha value is -1.52. The fraction of sp³-hybridized carbons (Fsp3) is 0.556. The van der Waals surface area contributed by atoms with Crippen molar-refractivity contribution in [3.05, 3.63) is 58.1 Å². The third kappa shape index (κ3) is 4.39. The van der Waals surface area contributed by atoms with Crippen LogP contribution in [0.25, 0.3) is 0 Å². The van der Waals surface area contributed by atoms with E-state index in [2.05, 4.69) is 52.4 Å². The summed E-state index contributed by atoms with van der Waals surface area (Å²) in [4.78, 5) is 0. The number of ether oxygens (including phenoxy) is 2. The summed E-state index contributed by atoms with van der Waals surface area (Å²) in [5.74, 6) is 4.52. The Balaban J connectivity index is 1.25. The van der Waals surface area contributed by atoms with Crippen molar-refractivity contribution in [1.29, 1.82) is 0 Å². The molecular weight excluding hydrogens is 450 g/mol. The molecule has 31 heavy (non-hydrogen) atoms. The molecule has 6 rings (SSSR count). The molecule has 0 saturated heterocycles. The lowest BCUT2D eigenvalue weighted by molar-refractivity contribution is -0.0706. The monoisotopic (exact) mass is 483 g/mol. The van der Waals surface area contributed by atoms with Gasteiger partial charge in [0.2, 0.25) is 0 Å². The van der Waals surface area contributed by atoms with Gasteiger partial charge in [0.05, 0.1) is 11.6 Å². The van der Waals surface area contributed by atoms with Crippen LogP contribution in [0.5, 0.6) is 11.5 Å². The third-order valence-electron chi connectivity index (χ3n) is 8.13. The second kappa shape index (κ2) is 8.78. The van der Waals surface area contributed by atoms with Gasteiger partial charge in [-0.15, -0.1) is 0 Å². The highest BCUT2D eigenvalue weighted by Gasteiger charge is 2.52. The van der Waals surface area contributed by atoms with Crippen LogP contribution in [0.15, 0.2) is 46.9 Å². The standard InChI is InChI=1S/C27H34BrNO2/c1-18(27-13-20-8-21(14-27)10-22(9-20)15-27)29-16-23-11-24(28)26(25(12-23)30-2)31-17-19-6-4-3-5-7-19/h3-7,11-12,18,20-22,29H,8-10,13-17H2,1-2H3. The fourth-order valence-electron chi connectivity index (χ4n) is 6.94. The average Bonchev–Trinajstić information content (AvgIpc) is 2.76. The summed E-state index contributed by atoms with van der Waals surface area (Å²) in [6, 6.07) is 15.1. The first-order valence-corrected chi connectivity index (χ1v) is 12.6. The van der Waals surface area contributed by atoms with Gasteiger partial charge in [0.1, 0.15) is 6.61 Å². The van der Waals surface area contributed by atoms with Gasteiger partial charge < -0.3 is 14.8 Å². The summed E-state index contributed by atoms with van der Waals surface area (Å²) in [7, 11) is 1.71. The number of halogens is 1. The Bertz CT molecular complexity index is 878. The van der Waals surface area contributed by atoms with Crippen LogP contribution in [0.3, 0.4) is 0 Å². The zero-order valence-corrected chi connectivity index (χ0v) is 20.3. The maximum absolute atomic E-state index is 6.10. The fourth-order valence-corrected chi connectivity index (χ4v) is 7.54. The van der Waals surface area contributed by atoms with Crippen LogP contribution >= 0.6 is 15.9 Å².